The highest BCUT2D eigenvalue weighted by Gasteiger charge is 2.30. The fourth-order valence-electron chi connectivity index (χ4n) is 4.05. The summed E-state index contributed by atoms with van der Waals surface area (Å²) < 4.78 is 26.7. The predicted molar refractivity (Wildman–Crippen MR) is 113 cm³/mol. The zero-order chi connectivity index (χ0) is 21.6. The Labute approximate surface area is 180 Å². The van der Waals surface area contributed by atoms with Crippen LogP contribution in [0.2, 0.25) is 0 Å². The van der Waals surface area contributed by atoms with E-state index in [2.05, 4.69) is 20.2 Å². The average molecular weight is 422 g/mol. The van der Waals surface area contributed by atoms with Crippen LogP contribution in [-0.2, 0) is 6.54 Å². The summed E-state index contributed by atoms with van der Waals surface area (Å²) in [5, 5.41) is 3.12. The van der Waals surface area contributed by atoms with Crippen molar-refractivity contribution >= 4 is 5.91 Å². The normalized spacial score (nSPS) is 16.1. The number of likely N-dealkylation sites (tertiary alicyclic amines) is 1. The van der Waals surface area contributed by atoms with Crippen LogP contribution in [0.25, 0.3) is 0 Å². The molecule has 1 N–H and O–H groups in total. The van der Waals surface area contributed by atoms with E-state index in [0.29, 0.717) is 12.2 Å². The molecular weight excluding hydrogens is 398 g/mol. The molecule has 0 aliphatic carbocycles. The maximum atomic E-state index is 13.5. The first kappa shape index (κ1) is 21.1. The number of carbonyl (C=O) groups excluding carboxylic acids is 1. The van der Waals surface area contributed by atoms with E-state index in [1.54, 1.807) is 36.7 Å². The Kier molecular flexibility index (Phi) is 6.62. The van der Waals surface area contributed by atoms with E-state index in [9.17, 15) is 13.6 Å². The monoisotopic (exact) mass is 422 g/mol. The number of rotatable bonds is 6. The van der Waals surface area contributed by atoms with Crippen LogP contribution in [0.15, 0.2) is 67.0 Å². The molecule has 1 atom stereocenters. The van der Waals surface area contributed by atoms with Crippen LogP contribution in [0, 0.1) is 17.6 Å². The number of halogens is 2. The lowest BCUT2D eigenvalue weighted by Crippen LogP contribution is -2.41. The summed E-state index contributed by atoms with van der Waals surface area (Å²) in [4.78, 5) is 23.6. The lowest BCUT2D eigenvalue weighted by Gasteiger charge is -2.36. The largest absolute Gasteiger partial charge is 0.342 e. The van der Waals surface area contributed by atoms with Gasteiger partial charge in [0, 0.05) is 18.9 Å². The van der Waals surface area contributed by atoms with Crippen molar-refractivity contribution in [3.05, 3.63) is 95.6 Å². The predicted octanol–water partition coefficient (Wildman–Crippen LogP) is 4.14. The fourth-order valence-corrected chi connectivity index (χ4v) is 4.05. The van der Waals surface area contributed by atoms with Crippen molar-refractivity contribution in [2.75, 3.05) is 13.1 Å². The van der Waals surface area contributed by atoms with Crippen LogP contribution >= 0.6 is 0 Å². The van der Waals surface area contributed by atoms with Crippen LogP contribution in [0.3, 0.4) is 0 Å². The second-order valence-corrected chi connectivity index (χ2v) is 7.78. The van der Waals surface area contributed by atoms with Gasteiger partial charge in [0.05, 0.1) is 11.7 Å². The van der Waals surface area contributed by atoms with Gasteiger partial charge in [0.15, 0.2) is 11.6 Å². The molecule has 1 saturated heterocycles. The highest BCUT2D eigenvalue weighted by atomic mass is 19.2. The quantitative estimate of drug-likeness (QED) is 0.649. The summed E-state index contributed by atoms with van der Waals surface area (Å²) in [5.41, 5.74) is 1.95. The van der Waals surface area contributed by atoms with Gasteiger partial charge in [-0.1, -0.05) is 18.2 Å². The van der Waals surface area contributed by atoms with Crippen LogP contribution in [0.1, 0.15) is 40.6 Å². The van der Waals surface area contributed by atoms with Gasteiger partial charge < -0.3 is 5.32 Å². The van der Waals surface area contributed by atoms with E-state index in [-0.39, 0.29) is 17.9 Å². The summed E-state index contributed by atoms with van der Waals surface area (Å²) in [7, 11) is 0. The molecule has 1 amide bonds. The maximum absolute atomic E-state index is 13.5. The first-order valence-electron chi connectivity index (χ1n) is 10.4. The van der Waals surface area contributed by atoms with Gasteiger partial charge in [-0.2, -0.15) is 0 Å². The van der Waals surface area contributed by atoms with Gasteiger partial charge in [-0.3, -0.25) is 19.7 Å². The summed E-state index contributed by atoms with van der Waals surface area (Å²) in [5.74, 6) is -1.66. The van der Waals surface area contributed by atoms with Crippen molar-refractivity contribution in [1.29, 1.82) is 0 Å². The first-order chi connectivity index (χ1) is 15.1. The third-order valence-corrected chi connectivity index (χ3v) is 5.68. The summed E-state index contributed by atoms with van der Waals surface area (Å²) in [6, 6.07) is 14.8. The first-order valence-corrected chi connectivity index (χ1v) is 10.4. The summed E-state index contributed by atoms with van der Waals surface area (Å²) in [6.07, 6.45) is 5.04. The minimum absolute atomic E-state index is 0.212. The Bertz CT molecular complexity index is 1010. The number of nitrogens with zero attached hydrogens (tertiary/aromatic N) is 3. The third kappa shape index (κ3) is 5.30. The molecule has 1 aromatic carbocycles. The van der Waals surface area contributed by atoms with Crippen molar-refractivity contribution < 1.29 is 13.6 Å². The third-order valence-electron chi connectivity index (χ3n) is 5.68. The average Bonchev–Trinajstić information content (AvgIpc) is 2.81. The van der Waals surface area contributed by atoms with Gasteiger partial charge in [-0.25, -0.2) is 8.78 Å². The van der Waals surface area contributed by atoms with Crippen LogP contribution in [-0.4, -0.2) is 33.9 Å². The summed E-state index contributed by atoms with van der Waals surface area (Å²) >= 11 is 0. The van der Waals surface area contributed by atoms with Gasteiger partial charge in [-0.15, -0.1) is 0 Å². The van der Waals surface area contributed by atoms with Gasteiger partial charge in [0.1, 0.15) is 5.69 Å². The molecule has 3 aromatic rings. The lowest BCUT2D eigenvalue weighted by molar-refractivity contribution is 0.0883. The molecule has 4 rings (SSSR count). The number of benzene rings is 1. The van der Waals surface area contributed by atoms with Gasteiger partial charge >= 0.3 is 0 Å². The molecule has 0 spiro atoms. The molecular formula is C24H24F2N4O. The highest BCUT2D eigenvalue weighted by molar-refractivity contribution is 5.92. The molecule has 7 heteroatoms. The molecule has 3 heterocycles. The Morgan fingerprint density at radius 2 is 1.74 bits per heavy atom. The second kappa shape index (κ2) is 9.75. The van der Waals surface area contributed by atoms with Gasteiger partial charge in [0.2, 0.25) is 0 Å². The highest BCUT2D eigenvalue weighted by Crippen LogP contribution is 2.31. The van der Waals surface area contributed by atoms with Gasteiger partial charge in [0.25, 0.3) is 5.91 Å². The molecule has 1 aliphatic rings. The number of nitrogens with one attached hydrogen (secondary N) is 1. The van der Waals surface area contributed by atoms with E-state index >= 15 is 0 Å². The number of carbonyl (C=O) groups is 1. The molecule has 160 valence electrons. The number of hydrogen-bond acceptors (Lipinski definition) is 4. The number of amides is 1. The molecule has 31 heavy (non-hydrogen) atoms. The zero-order valence-electron chi connectivity index (χ0n) is 17.0. The Balaban J connectivity index is 1.43. The molecule has 1 aliphatic heterocycles. The Morgan fingerprint density at radius 3 is 2.39 bits per heavy atom. The van der Waals surface area contributed by atoms with E-state index in [1.165, 1.54) is 12.1 Å². The lowest BCUT2D eigenvalue weighted by atomic mass is 9.87. The number of pyridine rings is 2. The fraction of sp³-hybridized carbons (Fsp3) is 0.292. The molecule has 1 unspecified atom stereocenters. The molecule has 0 bridgehead atoms. The maximum Gasteiger partial charge on any atom is 0.270 e. The molecule has 1 fully saturated rings. The smallest absolute Gasteiger partial charge is 0.270 e. The molecule has 0 radical (unpaired) electrons. The minimum atomic E-state index is -0.829. The SMILES string of the molecule is O=C(NC(c1ccccn1)C1CCN(Cc2ccc(F)c(F)c2)CC1)c1ccccn1. The topological polar surface area (TPSA) is 58.1 Å². The van der Waals surface area contributed by atoms with Crippen molar-refractivity contribution in [3.8, 4) is 0 Å². The van der Waals surface area contributed by atoms with E-state index in [1.807, 2.05) is 18.2 Å². The van der Waals surface area contributed by atoms with Crippen molar-refractivity contribution in [2.24, 2.45) is 5.92 Å². The molecule has 0 saturated carbocycles. The number of piperidine rings is 1. The van der Waals surface area contributed by atoms with E-state index < -0.39 is 11.6 Å². The van der Waals surface area contributed by atoms with E-state index in [4.69, 9.17) is 0 Å². The van der Waals surface area contributed by atoms with Crippen molar-refractivity contribution in [1.82, 2.24) is 20.2 Å². The molecule has 5 nitrogen and oxygen atoms in total. The molecule has 2 aromatic heterocycles. The van der Waals surface area contributed by atoms with Gasteiger partial charge in [-0.05, 0) is 73.8 Å². The van der Waals surface area contributed by atoms with E-state index in [0.717, 1.165) is 37.2 Å². The zero-order valence-corrected chi connectivity index (χ0v) is 17.0. The standard InChI is InChI=1S/C24H24F2N4O/c25-19-8-7-17(15-20(19)26)16-30-13-9-18(10-14-30)23(21-5-1-3-11-27-21)29-24(31)22-6-2-4-12-28-22/h1-8,11-12,15,18,23H,9-10,13-14,16H2,(H,29,31). The number of aromatic nitrogens is 2. The Hall–Kier alpha value is -3.19. The second-order valence-electron chi connectivity index (χ2n) is 7.78. The minimum Gasteiger partial charge on any atom is -0.342 e. The summed E-state index contributed by atoms with van der Waals surface area (Å²) in [6.45, 7) is 2.16. The van der Waals surface area contributed by atoms with Crippen molar-refractivity contribution in [2.45, 2.75) is 25.4 Å². The van der Waals surface area contributed by atoms with Crippen LogP contribution in [0.5, 0.6) is 0 Å². The van der Waals surface area contributed by atoms with Crippen LogP contribution < -0.4 is 5.32 Å². The van der Waals surface area contributed by atoms with Crippen molar-refractivity contribution in [3.63, 3.8) is 0 Å². The van der Waals surface area contributed by atoms with Crippen LogP contribution in [0.4, 0.5) is 8.78 Å². The number of hydrogen-bond donors (Lipinski definition) is 1. The Morgan fingerprint density at radius 1 is 1.00 bits per heavy atom.